The Morgan fingerprint density at radius 1 is 1.36 bits per heavy atom. The third-order valence-corrected chi connectivity index (χ3v) is 4.78. The van der Waals surface area contributed by atoms with E-state index in [2.05, 4.69) is 10.4 Å². The van der Waals surface area contributed by atoms with E-state index in [0.717, 1.165) is 4.88 Å². The topological polar surface area (TPSA) is 46.9 Å². The van der Waals surface area contributed by atoms with E-state index in [1.807, 2.05) is 17.5 Å². The highest BCUT2D eigenvalue weighted by Crippen LogP contribution is 2.24. The van der Waals surface area contributed by atoms with Gasteiger partial charge in [-0.2, -0.15) is 5.10 Å². The van der Waals surface area contributed by atoms with Crippen LogP contribution in [0.5, 0.6) is 0 Å². The number of amides is 1. The fourth-order valence-corrected chi connectivity index (χ4v) is 3.24. The molecular formula is C18H15ClFN3OS. The fraction of sp³-hybridized carbons (Fsp3) is 0.111. The molecule has 4 nitrogen and oxygen atoms in total. The van der Waals surface area contributed by atoms with Crippen LogP contribution in [0.25, 0.3) is 11.8 Å². The van der Waals surface area contributed by atoms with Crippen LogP contribution in [0.4, 0.5) is 4.39 Å². The number of benzene rings is 1. The second kappa shape index (κ2) is 7.63. The van der Waals surface area contributed by atoms with Crippen LogP contribution in [0.2, 0.25) is 5.15 Å². The molecule has 0 aliphatic heterocycles. The first kappa shape index (κ1) is 17.4. The lowest BCUT2D eigenvalue weighted by molar-refractivity contribution is -0.116. The van der Waals surface area contributed by atoms with Crippen molar-refractivity contribution in [2.24, 2.45) is 0 Å². The van der Waals surface area contributed by atoms with Gasteiger partial charge in [-0.25, -0.2) is 9.07 Å². The van der Waals surface area contributed by atoms with Gasteiger partial charge in [0.25, 0.3) is 0 Å². The Morgan fingerprint density at radius 2 is 2.12 bits per heavy atom. The summed E-state index contributed by atoms with van der Waals surface area (Å²) in [7, 11) is 0. The number of hydrogen-bond donors (Lipinski definition) is 1. The molecule has 0 saturated carbocycles. The van der Waals surface area contributed by atoms with Gasteiger partial charge in [-0.1, -0.05) is 17.7 Å². The predicted molar refractivity (Wildman–Crippen MR) is 98.5 cm³/mol. The SMILES string of the molecule is Cc1nn(-c2ccc(F)cc2)c(Cl)c1/C=C/C(=O)NCc1cccs1. The standard InChI is InChI=1S/C18H15ClFN3OS/c1-12-16(8-9-17(24)21-11-15-3-2-10-25-15)18(19)23(22-12)14-6-4-13(20)5-7-14/h2-10H,11H2,1H3,(H,21,24)/b9-8+. The third kappa shape index (κ3) is 4.15. The van der Waals surface area contributed by atoms with Crippen molar-refractivity contribution < 1.29 is 9.18 Å². The fourth-order valence-electron chi connectivity index (χ4n) is 2.26. The van der Waals surface area contributed by atoms with Gasteiger partial charge in [-0.3, -0.25) is 4.79 Å². The number of carbonyl (C=O) groups excluding carboxylic acids is 1. The number of halogens is 2. The molecule has 0 radical (unpaired) electrons. The van der Waals surface area contributed by atoms with Crippen LogP contribution in [0.3, 0.4) is 0 Å². The van der Waals surface area contributed by atoms with Crippen molar-refractivity contribution in [1.82, 2.24) is 15.1 Å². The molecule has 0 spiro atoms. The molecule has 3 rings (SSSR count). The summed E-state index contributed by atoms with van der Waals surface area (Å²) < 4.78 is 14.6. The molecule has 2 heterocycles. The highest BCUT2D eigenvalue weighted by atomic mass is 35.5. The highest BCUT2D eigenvalue weighted by Gasteiger charge is 2.13. The molecule has 7 heteroatoms. The van der Waals surface area contributed by atoms with Crippen LogP contribution in [0.1, 0.15) is 16.1 Å². The summed E-state index contributed by atoms with van der Waals surface area (Å²) in [4.78, 5) is 13.0. The molecule has 1 N–H and O–H groups in total. The van der Waals surface area contributed by atoms with Crippen LogP contribution in [-0.4, -0.2) is 15.7 Å². The zero-order valence-corrected chi connectivity index (χ0v) is 14.9. The van der Waals surface area contributed by atoms with Crippen LogP contribution in [-0.2, 0) is 11.3 Å². The Kier molecular flexibility index (Phi) is 5.31. The third-order valence-electron chi connectivity index (χ3n) is 3.54. The Bertz CT molecular complexity index is 901. The van der Waals surface area contributed by atoms with Crippen LogP contribution < -0.4 is 5.32 Å². The predicted octanol–water partition coefficient (Wildman–Crippen LogP) is 4.36. The number of carbonyl (C=O) groups is 1. The molecule has 25 heavy (non-hydrogen) atoms. The van der Waals surface area contributed by atoms with Gasteiger partial charge < -0.3 is 5.32 Å². The summed E-state index contributed by atoms with van der Waals surface area (Å²) in [5.74, 6) is -0.537. The number of aryl methyl sites for hydroxylation is 1. The van der Waals surface area contributed by atoms with Crippen molar-refractivity contribution in [3.63, 3.8) is 0 Å². The van der Waals surface area contributed by atoms with Crippen molar-refractivity contribution in [2.45, 2.75) is 13.5 Å². The zero-order chi connectivity index (χ0) is 17.8. The van der Waals surface area contributed by atoms with Gasteiger partial charge in [0, 0.05) is 16.5 Å². The molecule has 0 unspecified atom stereocenters. The monoisotopic (exact) mass is 375 g/mol. The first-order chi connectivity index (χ1) is 12.0. The summed E-state index contributed by atoms with van der Waals surface area (Å²) in [6.45, 7) is 2.29. The molecule has 0 saturated heterocycles. The van der Waals surface area contributed by atoms with Gasteiger partial charge in [0.2, 0.25) is 5.91 Å². The summed E-state index contributed by atoms with van der Waals surface area (Å²) in [5.41, 5.74) is 1.98. The number of nitrogens with zero attached hydrogens (tertiary/aromatic N) is 2. The van der Waals surface area contributed by atoms with Gasteiger partial charge in [-0.15, -0.1) is 11.3 Å². The summed E-state index contributed by atoms with van der Waals surface area (Å²) in [6, 6.07) is 9.77. The van der Waals surface area contributed by atoms with E-state index in [-0.39, 0.29) is 11.7 Å². The molecular weight excluding hydrogens is 361 g/mol. The lowest BCUT2D eigenvalue weighted by atomic mass is 10.2. The average Bonchev–Trinajstić information content (AvgIpc) is 3.21. The summed E-state index contributed by atoms with van der Waals surface area (Å²) in [5, 5.41) is 9.50. The van der Waals surface area contributed by atoms with Gasteiger partial charge in [-0.05, 0) is 48.7 Å². The number of nitrogens with one attached hydrogen (secondary N) is 1. The maximum absolute atomic E-state index is 13.1. The van der Waals surface area contributed by atoms with Crippen molar-refractivity contribution in [1.29, 1.82) is 0 Å². The van der Waals surface area contributed by atoms with Crippen molar-refractivity contribution in [3.05, 3.63) is 75.0 Å². The average molecular weight is 376 g/mol. The molecule has 3 aromatic rings. The van der Waals surface area contributed by atoms with Gasteiger partial charge in [0.05, 0.1) is 17.9 Å². The second-order valence-corrected chi connectivity index (χ2v) is 6.70. The summed E-state index contributed by atoms with van der Waals surface area (Å²) >= 11 is 7.96. The van der Waals surface area contributed by atoms with E-state index in [0.29, 0.717) is 28.6 Å². The Balaban J connectivity index is 1.74. The normalized spacial score (nSPS) is 11.2. The Morgan fingerprint density at radius 3 is 2.80 bits per heavy atom. The molecule has 2 aromatic heterocycles. The molecule has 0 aliphatic rings. The van der Waals surface area contributed by atoms with Crippen molar-refractivity contribution >= 4 is 34.9 Å². The smallest absolute Gasteiger partial charge is 0.244 e. The van der Waals surface area contributed by atoms with E-state index in [9.17, 15) is 9.18 Å². The van der Waals surface area contributed by atoms with Crippen LogP contribution >= 0.6 is 22.9 Å². The van der Waals surface area contributed by atoms with Gasteiger partial charge in [0.15, 0.2) is 0 Å². The molecule has 1 aromatic carbocycles. The minimum atomic E-state index is -0.328. The van der Waals surface area contributed by atoms with E-state index >= 15 is 0 Å². The first-order valence-corrected chi connectivity index (χ1v) is 8.79. The number of aromatic nitrogens is 2. The maximum Gasteiger partial charge on any atom is 0.244 e. The molecule has 0 atom stereocenters. The number of hydrogen-bond acceptors (Lipinski definition) is 3. The van der Waals surface area contributed by atoms with Crippen molar-refractivity contribution in [3.8, 4) is 5.69 Å². The number of rotatable bonds is 5. The second-order valence-electron chi connectivity index (χ2n) is 5.31. The molecule has 0 bridgehead atoms. The van der Waals surface area contributed by atoms with E-state index in [1.165, 1.54) is 22.9 Å². The van der Waals surface area contributed by atoms with Gasteiger partial charge in [0.1, 0.15) is 11.0 Å². The van der Waals surface area contributed by atoms with Crippen molar-refractivity contribution in [2.75, 3.05) is 0 Å². The largest absolute Gasteiger partial charge is 0.348 e. The minimum absolute atomic E-state index is 0.210. The molecule has 0 fully saturated rings. The van der Waals surface area contributed by atoms with Gasteiger partial charge >= 0.3 is 0 Å². The Hall–Kier alpha value is -2.44. The van der Waals surface area contributed by atoms with E-state index in [1.54, 1.807) is 36.5 Å². The van der Waals surface area contributed by atoms with E-state index in [4.69, 9.17) is 11.6 Å². The Labute approximate surface area is 153 Å². The molecule has 1 amide bonds. The first-order valence-electron chi connectivity index (χ1n) is 7.54. The quantitative estimate of drug-likeness (QED) is 0.673. The zero-order valence-electron chi connectivity index (χ0n) is 13.4. The highest BCUT2D eigenvalue weighted by molar-refractivity contribution is 7.09. The lowest BCUT2D eigenvalue weighted by Gasteiger charge is -2.02. The van der Waals surface area contributed by atoms with Crippen LogP contribution in [0, 0.1) is 12.7 Å². The number of thiophene rings is 1. The summed E-state index contributed by atoms with van der Waals surface area (Å²) in [6.07, 6.45) is 3.06. The minimum Gasteiger partial charge on any atom is -0.348 e. The van der Waals surface area contributed by atoms with E-state index < -0.39 is 0 Å². The molecule has 128 valence electrons. The van der Waals surface area contributed by atoms with Crippen LogP contribution in [0.15, 0.2) is 47.9 Å². The molecule has 0 aliphatic carbocycles. The maximum atomic E-state index is 13.1. The lowest BCUT2D eigenvalue weighted by Crippen LogP contribution is -2.19.